The van der Waals surface area contributed by atoms with Crippen LogP contribution in [0.3, 0.4) is 0 Å². The Morgan fingerprint density at radius 1 is 1.24 bits per heavy atom. The Morgan fingerprint density at radius 3 is 2.76 bits per heavy atom. The lowest BCUT2D eigenvalue weighted by atomic mass is 9.70. The molecule has 3 aliphatic heterocycles. The number of benzene rings is 1. The van der Waals surface area contributed by atoms with Crippen molar-refractivity contribution in [2.45, 2.75) is 71.1 Å². The van der Waals surface area contributed by atoms with Crippen LogP contribution in [0.1, 0.15) is 57.1 Å². The van der Waals surface area contributed by atoms with Gasteiger partial charge in [0.15, 0.2) is 5.82 Å². The predicted molar refractivity (Wildman–Crippen MR) is 123 cm³/mol. The number of hydrogen-bond acceptors (Lipinski definition) is 7. The first-order valence-electron chi connectivity index (χ1n) is 12.2. The fourth-order valence-corrected chi connectivity index (χ4v) is 6.50. The fraction of sp³-hybridized carbons (Fsp3) is 0.560. The van der Waals surface area contributed by atoms with E-state index >= 15 is 0 Å². The molecule has 6 rings (SSSR count). The van der Waals surface area contributed by atoms with Crippen LogP contribution in [0.5, 0.6) is 0 Å². The van der Waals surface area contributed by atoms with E-state index in [2.05, 4.69) is 52.6 Å². The van der Waals surface area contributed by atoms with Gasteiger partial charge in [0.05, 0.1) is 23.2 Å². The summed E-state index contributed by atoms with van der Waals surface area (Å²) in [6.07, 6.45) is 4.66. The molecule has 1 saturated heterocycles. The van der Waals surface area contributed by atoms with E-state index in [1.807, 2.05) is 9.58 Å². The van der Waals surface area contributed by atoms with Crippen molar-refractivity contribution < 1.29 is 14.3 Å². The molecule has 0 radical (unpaired) electrons. The van der Waals surface area contributed by atoms with E-state index in [9.17, 15) is 9.59 Å². The highest BCUT2D eigenvalue weighted by Gasteiger charge is 2.53. The molecule has 1 atom stereocenters. The molecule has 2 aromatic rings. The summed E-state index contributed by atoms with van der Waals surface area (Å²) in [6, 6.07) is 7.12. The van der Waals surface area contributed by atoms with Gasteiger partial charge in [0.25, 0.3) is 0 Å². The number of rotatable bonds is 4. The lowest BCUT2D eigenvalue weighted by molar-refractivity contribution is -0.139. The third-order valence-electron chi connectivity index (χ3n) is 8.40. The minimum Gasteiger partial charge on any atom is -0.456 e. The van der Waals surface area contributed by atoms with Crippen LogP contribution in [0.15, 0.2) is 29.5 Å². The molecule has 1 saturated carbocycles. The number of esters is 1. The molecule has 1 spiro atoms. The van der Waals surface area contributed by atoms with Crippen LogP contribution in [0.2, 0.25) is 0 Å². The van der Waals surface area contributed by atoms with Crippen molar-refractivity contribution in [2.24, 2.45) is 5.41 Å². The second-order valence-electron chi connectivity index (χ2n) is 10.5. The second kappa shape index (κ2) is 7.73. The number of ether oxygens (including phenoxy) is 1. The Morgan fingerprint density at radius 2 is 2.03 bits per heavy atom. The average molecular weight is 463 g/mol. The molecule has 9 heteroatoms. The summed E-state index contributed by atoms with van der Waals surface area (Å²) in [5.41, 5.74) is 4.69. The van der Waals surface area contributed by atoms with Crippen LogP contribution in [0.4, 0.5) is 0 Å². The standard InChI is InChI=1S/C25H30N6O3/c1-15-11-25(24(33)31(15)21-14-34-23(32)16(21)2)8-6-19(7-9-25)29(3)12-17-4-5-20-18(10-17)13-30-22(20)26-27-28-30/h4-5,10,15,19H,6-9,11-14H2,1-3H3/t15-,19?,25?/m0/s1. The summed E-state index contributed by atoms with van der Waals surface area (Å²) in [5, 5.41) is 11.9. The number of amides is 1. The van der Waals surface area contributed by atoms with E-state index in [0.717, 1.165) is 62.3 Å². The molecule has 1 aromatic carbocycles. The lowest BCUT2D eigenvalue weighted by Gasteiger charge is -2.39. The van der Waals surface area contributed by atoms with Gasteiger partial charge in [-0.25, -0.2) is 9.48 Å². The molecule has 1 aromatic heterocycles. The van der Waals surface area contributed by atoms with Crippen molar-refractivity contribution in [3.8, 4) is 11.4 Å². The maximum atomic E-state index is 13.6. The quantitative estimate of drug-likeness (QED) is 0.550. The number of fused-ring (bicyclic) bond motifs is 3. The first kappa shape index (κ1) is 21.5. The monoisotopic (exact) mass is 462 g/mol. The Kier molecular flexibility index (Phi) is 4.88. The van der Waals surface area contributed by atoms with Gasteiger partial charge in [-0.1, -0.05) is 18.2 Å². The Labute approximate surface area is 198 Å². The number of aromatic nitrogens is 4. The Balaban J connectivity index is 1.11. The fourth-order valence-electron chi connectivity index (χ4n) is 6.50. The highest BCUT2D eigenvalue weighted by Crippen LogP contribution is 2.49. The van der Waals surface area contributed by atoms with E-state index < -0.39 is 0 Å². The smallest absolute Gasteiger partial charge is 0.336 e. The molecule has 34 heavy (non-hydrogen) atoms. The van der Waals surface area contributed by atoms with Gasteiger partial charge in [-0.3, -0.25) is 9.69 Å². The summed E-state index contributed by atoms with van der Waals surface area (Å²) in [4.78, 5) is 29.7. The zero-order valence-electron chi connectivity index (χ0n) is 20.0. The zero-order chi connectivity index (χ0) is 23.6. The maximum Gasteiger partial charge on any atom is 0.336 e. The van der Waals surface area contributed by atoms with Gasteiger partial charge in [-0.15, -0.1) is 5.10 Å². The SMILES string of the molecule is CC1=C(N2C(=O)C3(CCC(N(C)Cc4ccc5c(c4)Cn4nnnc4-5)CC3)C[C@@H]2C)COC1=O. The van der Waals surface area contributed by atoms with Crippen LogP contribution in [-0.4, -0.2) is 67.6 Å². The number of carbonyl (C=O) groups is 2. The van der Waals surface area contributed by atoms with E-state index in [1.165, 1.54) is 11.1 Å². The van der Waals surface area contributed by atoms with Crippen LogP contribution in [0.25, 0.3) is 11.4 Å². The first-order valence-corrected chi connectivity index (χ1v) is 12.2. The minimum absolute atomic E-state index is 0.104. The largest absolute Gasteiger partial charge is 0.456 e. The molecule has 178 valence electrons. The topological polar surface area (TPSA) is 93.5 Å². The van der Waals surface area contributed by atoms with Crippen molar-refractivity contribution in [3.05, 3.63) is 40.6 Å². The van der Waals surface area contributed by atoms with Gasteiger partial charge in [-0.2, -0.15) is 0 Å². The summed E-state index contributed by atoms with van der Waals surface area (Å²) < 4.78 is 7.02. The average Bonchev–Trinajstić information content (AvgIpc) is 3.54. The first-order chi connectivity index (χ1) is 16.4. The number of nitrogens with zero attached hydrogens (tertiary/aromatic N) is 6. The van der Waals surface area contributed by atoms with Crippen molar-refractivity contribution >= 4 is 11.9 Å². The number of tetrazole rings is 1. The van der Waals surface area contributed by atoms with E-state index in [4.69, 9.17) is 4.74 Å². The summed E-state index contributed by atoms with van der Waals surface area (Å²) in [7, 11) is 2.19. The van der Waals surface area contributed by atoms with Gasteiger partial charge < -0.3 is 9.64 Å². The third-order valence-corrected chi connectivity index (χ3v) is 8.40. The van der Waals surface area contributed by atoms with Crippen LogP contribution in [-0.2, 0) is 27.4 Å². The van der Waals surface area contributed by atoms with Gasteiger partial charge in [0, 0.05) is 24.2 Å². The number of hydrogen-bond donors (Lipinski definition) is 0. The molecule has 4 heterocycles. The molecule has 0 unspecified atom stereocenters. The number of cyclic esters (lactones) is 1. The van der Waals surface area contributed by atoms with Crippen LogP contribution < -0.4 is 0 Å². The van der Waals surface area contributed by atoms with E-state index in [1.54, 1.807) is 6.92 Å². The molecule has 1 aliphatic carbocycles. The van der Waals surface area contributed by atoms with Crippen molar-refractivity contribution in [3.63, 3.8) is 0 Å². The molecule has 4 aliphatic rings. The molecule has 1 amide bonds. The van der Waals surface area contributed by atoms with Crippen LogP contribution in [0, 0.1) is 5.41 Å². The van der Waals surface area contributed by atoms with Gasteiger partial charge in [-0.05, 0) is 74.6 Å². The van der Waals surface area contributed by atoms with Gasteiger partial charge in [0.2, 0.25) is 5.91 Å². The van der Waals surface area contributed by atoms with Gasteiger partial charge >= 0.3 is 5.97 Å². The number of carbonyl (C=O) groups excluding carboxylic acids is 2. The maximum absolute atomic E-state index is 13.6. The molecular weight excluding hydrogens is 432 g/mol. The molecule has 2 fully saturated rings. The molecule has 0 bridgehead atoms. The Bertz CT molecular complexity index is 1210. The molecule has 0 N–H and O–H groups in total. The lowest BCUT2D eigenvalue weighted by Crippen LogP contribution is -2.42. The van der Waals surface area contributed by atoms with E-state index in [-0.39, 0.29) is 29.9 Å². The highest BCUT2D eigenvalue weighted by atomic mass is 16.5. The van der Waals surface area contributed by atoms with Gasteiger partial charge in [0.1, 0.15) is 6.61 Å². The van der Waals surface area contributed by atoms with Crippen molar-refractivity contribution in [1.29, 1.82) is 0 Å². The van der Waals surface area contributed by atoms with Crippen molar-refractivity contribution in [2.75, 3.05) is 13.7 Å². The van der Waals surface area contributed by atoms with Crippen molar-refractivity contribution in [1.82, 2.24) is 30.0 Å². The predicted octanol–water partition coefficient (Wildman–Crippen LogP) is 2.51. The number of likely N-dealkylation sites (tertiary alicyclic amines) is 1. The Hall–Kier alpha value is -3.07. The minimum atomic E-state index is -0.301. The normalized spacial score (nSPS) is 28.3. The van der Waals surface area contributed by atoms with E-state index in [0.29, 0.717) is 11.6 Å². The van der Waals surface area contributed by atoms with Crippen LogP contribution >= 0.6 is 0 Å². The summed E-state index contributed by atoms with van der Waals surface area (Å²) in [5.74, 6) is 0.732. The molecular formula is C25H30N6O3. The third kappa shape index (κ3) is 3.20. The summed E-state index contributed by atoms with van der Waals surface area (Å²) in [6.45, 7) is 5.68. The zero-order valence-corrected chi connectivity index (χ0v) is 20.0. The summed E-state index contributed by atoms with van der Waals surface area (Å²) >= 11 is 0. The second-order valence-corrected chi connectivity index (χ2v) is 10.5. The highest BCUT2D eigenvalue weighted by molar-refractivity contribution is 5.94. The molecule has 9 nitrogen and oxygen atoms in total.